The first-order valence-electron chi connectivity index (χ1n) is 7.41. The van der Waals surface area contributed by atoms with Crippen molar-refractivity contribution in [2.75, 3.05) is 0 Å². The second-order valence-electron chi connectivity index (χ2n) is 6.16. The minimum atomic E-state index is -0.476. The smallest absolute Gasteiger partial charge is 0.231 e. The third-order valence-electron chi connectivity index (χ3n) is 4.32. The maximum atomic E-state index is 13.2. The predicted octanol–water partition coefficient (Wildman–Crippen LogP) is 3.16. The van der Waals surface area contributed by atoms with Gasteiger partial charge in [-0.3, -0.25) is 0 Å². The normalized spacial score (nSPS) is 26.0. The van der Waals surface area contributed by atoms with Gasteiger partial charge in [0.05, 0.1) is 12.0 Å². The Morgan fingerprint density at radius 3 is 2.86 bits per heavy atom. The van der Waals surface area contributed by atoms with Gasteiger partial charge in [0, 0.05) is 0 Å². The van der Waals surface area contributed by atoms with E-state index in [9.17, 15) is 4.39 Å². The first-order chi connectivity index (χ1) is 10.0. The molecule has 1 aromatic carbocycles. The quantitative estimate of drug-likeness (QED) is 0.942. The lowest BCUT2D eigenvalue weighted by Gasteiger charge is -2.33. The second-order valence-corrected chi connectivity index (χ2v) is 6.16. The summed E-state index contributed by atoms with van der Waals surface area (Å²) in [6, 6.07) is 6.41. The minimum absolute atomic E-state index is 0.260. The first-order valence-corrected chi connectivity index (χ1v) is 7.41. The van der Waals surface area contributed by atoms with Crippen LogP contribution in [0.4, 0.5) is 4.39 Å². The average molecular weight is 289 g/mol. The van der Waals surface area contributed by atoms with Crippen molar-refractivity contribution in [3.05, 3.63) is 47.4 Å². The summed E-state index contributed by atoms with van der Waals surface area (Å²) in [5, 5.41) is 4.05. The van der Waals surface area contributed by atoms with Crippen LogP contribution in [0.15, 0.2) is 28.8 Å². The zero-order valence-electron chi connectivity index (χ0n) is 12.2. The van der Waals surface area contributed by atoms with Crippen molar-refractivity contribution in [3.63, 3.8) is 0 Å². The van der Waals surface area contributed by atoms with Gasteiger partial charge in [0.2, 0.25) is 5.89 Å². The standard InChI is InChI=1S/C16H20FN3O/c1-11-5-7-16(18,8-6-11)15-19-14(21-20-15)10-12-3-2-4-13(17)9-12/h2-4,9,11H,5-8,10,18H2,1H3. The molecule has 0 saturated heterocycles. The van der Waals surface area contributed by atoms with Crippen molar-refractivity contribution in [1.29, 1.82) is 0 Å². The fourth-order valence-corrected chi connectivity index (χ4v) is 2.85. The van der Waals surface area contributed by atoms with Gasteiger partial charge in [0.1, 0.15) is 5.82 Å². The number of nitrogens with zero attached hydrogens (tertiary/aromatic N) is 2. The summed E-state index contributed by atoms with van der Waals surface area (Å²) in [6.45, 7) is 2.24. The van der Waals surface area contributed by atoms with E-state index in [1.807, 2.05) is 6.07 Å². The van der Waals surface area contributed by atoms with Gasteiger partial charge < -0.3 is 10.3 Å². The number of hydrogen-bond donors (Lipinski definition) is 1. The van der Waals surface area contributed by atoms with E-state index >= 15 is 0 Å². The molecule has 0 bridgehead atoms. The maximum absolute atomic E-state index is 13.2. The third-order valence-corrected chi connectivity index (χ3v) is 4.32. The fraction of sp³-hybridized carbons (Fsp3) is 0.500. The van der Waals surface area contributed by atoms with Gasteiger partial charge in [-0.15, -0.1) is 0 Å². The Labute approximate surface area is 123 Å². The molecule has 1 aliphatic rings. The van der Waals surface area contributed by atoms with Gasteiger partial charge in [-0.2, -0.15) is 4.98 Å². The molecular formula is C16H20FN3O. The highest BCUT2D eigenvalue weighted by molar-refractivity contribution is 5.19. The number of aromatic nitrogens is 2. The molecule has 4 nitrogen and oxygen atoms in total. The Kier molecular flexibility index (Phi) is 3.76. The molecule has 2 N–H and O–H groups in total. The zero-order valence-corrected chi connectivity index (χ0v) is 12.2. The number of hydrogen-bond acceptors (Lipinski definition) is 4. The molecule has 21 heavy (non-hydrogen) atoms. The van der Waals surface area contributed by atoms with Crippen LogP contribution in [0, 0.1) is 11.7 Å². The molecule has 1 saturated carbocycles. The van der Waals surface area contributed by atoms with Crippen molar-refractivity contribution in [2.45, 2.75) is 44.6 Å². The Hall–Kier alpha value is -1.75. The molecule has 0 spiro atoms. The van der Waals surface area contributed by atoms with Crippen molar-refractivity contribution in [1.82, 2.24) is 10.1 Å². The van der Waals surface area contributed by atoms with Crippen LogP contribution < -0.4 is 5.73 Å². The molecule has 5 heteroatoms. The molecule has 0 radical (unpaired) electrons. The van der Waals surface area contributed by atoms with Crippen LogP contribution in [-0.2, 0) is 12.0 Å². The Balaban J connectivity index is 1.74. The SMILES string of the molecule is CC1CCC(N)(c2noc(Cc3cccc(F)c3)n2)CC1. The summed E-state index contributed by atoms with van der Waals surface area (Å²) in [6.07, 6.45) is 4.37. The van der Waals surface area contributed by atoms with E-state index < -0.39 is 5.54 Å². The van der Waals surface area contributed by atoms with Crippen LogP contribution in [0.5, 0.6) is 0 Å². The van der Waals surface area contributed by atoms with Crippen molar-refractivity contribution < 1.29 is 8.91 Å². The first kappa shape index (κ1) is 14.2. The van der Waals surface area contributed by atoms with Gasteiger partial charge in [-0.25, -0.2) is 4.39 Å². The highest BCUT2D eigenvalue weighted by atomic mass is 19.1. The number of rotatable bonds is 3. The Bertz CT molecular complexity index is 617. The summed E-state index contributed by atoms with van der Waals surface area (Å²) in [4.78, 5) is 4.43. The number of benzene rings is 1. The van der Waals surface area contributed by atoms with Gasteiger partial charge >= 0.3 is 0 Å². The minimum Gasteiger partial charge on any atom is -0.339 e. The lowest BCUT2D eigenvalue weighted by atomic mass is 9.77. The van der Waals surface area contributed by atoms with Gasteiger partial charge in [-0.05, 0) is 49.3 Å². The topological polar surface area (TPSA) is 64.9 Å². The lowest BCUT2D eigenvalue weighted by Crippen LogP contribution is -2.41. The van der Waals surface area contributed by atoms with E-state index in [0.717, 1.165) is 31.2 Å². The predicted molar refractivity (Wildman–Crippen MR) is 77.0 cm³/mol. The summed E-state index contributed by atoms with van der Waals surface area (Å²) in [7, 11) is 0. The van der Waals surface area contributed by atoms with E-state index in [0.29, 0.717) is 24.1 Å². The molecule has 112 valence electrons. The Morgan fingerprint density at radius 2 is 2.14 bits per heavy atom. The van der Waals surface area contributed by atoms with E-state index in [4.69, 9.17) is 10.3 Å². The molecule has 1 heterocycles. The van der Waals surface area contributed by atoms with E-state index in [2.05, 4.69) is 17.1 Å². The fourth-order valence-electron chi connectivity index (χ4n) is 2.85. The lowest BCUT2D eigenvalue weighted by molar-refractivity contribution is 0.230. The third kappa shape index (κ3) is 3.13. The summed E-state index contributed by atoms with van der Waals surface area (Å²) in [5.41, 5.74) is 6.77. The molecule has 1 aromatic heterocycles. The van der Waals surface area contributed by atoms with E-state index in [1.165, 1.54) is 12.1 Å². The van der Waals surface area contributed by atoms with Gasteiger partial charge in [0.25, 0.3) is 0 Å². The van der Waals surface area contributed by atoms with Gasteiger partial charge in [-0.1, -0.05) is 24.2 Å². The largest absolute Gasteiger partial charge is 0.339 e. The van der Waals surface area contributed by atoms with Crippen LogP contribution in [0.3, 0.4) is 0 Å². The maximum Gasteiger partial charge on any atom is 0.231 e. The summed E-state index contributed by atoms with van der Waals surface area (Å²) >= 11 is 0. The molecule has 3 rings (SSSR count). The second kappa shape index (κ2) is 5.56. The van der Waals surface area contributed by atoms with E-state index in [1.54, 1.807) is 6.07 Å². The van der Waals surface area contributed by atoms with E-state index in [-0.39, 0.29) is 5.82 Å². The summed E-state index contributed by atoms with van der Waals surface area (Å²) < 4.78 is 18.5. The van der Waals surface area contributed by atoms with Crippen LogP contribution in [0.25, 0.3) is 0 Å². The highest BCUT2D eigenvalue weighted by Crippen LogP contribution is 2.36. The van der Waals surface area contributed by atoms with Gasteiger partial charge in [0.15, 0.2) is 5.82 Å². The Morgan fingerprint density at radius 1 is 1.38 bits per heavy atom. The molecular weight excluding hydrogens is 269 g/mol. The highest BCUT2D eigenvalue weighted by Gasteiger charge is 2.36. The summed E-state index contributed by atoms with van der Waals surface area (Å²) in [5.74, 6) is 1.52. The molecule has 0 amide bonds. The monoisotopic (exact) mass is 289 g/mol. The van der Waals surface area contributed by atoms with Crippen LogP contribution >= 0.6 is 0 Å². The molecule has 0 aliphatic heterocycles. The molecule has 0 unspecified atom stereocenters. The van der Waals surface area contributed by atoms with Crippen LogP contribution in [-0.4, -0.2) is 10.1 Å². The van der Waals surface area contributed by atoms with Crippen molar-refractivity contribution in [2.24, 2.45) is 11.7 Å². The molecule has 2 aromatic rings. The average Bonchev–Trinajstić information content (AvgIpc) is 2.92. The van der Waals surface area contributed by atoms with Crippen LogP contribution in [0.1, 0.15) is 49.9 Å². The molecule has 1 fully saturated rings. The van der Waals surface area contributed by atoms with Crippen LogP contribution in [0.2, 0.25) is 0 Å². The molecule has 1 aliphatic carbocycles. The van der Waals surface area contributed by atoms with Crippen molar-refractivity contribution in [3.8, 4) is 0 Å². The number of nitrogens with two attached hydrogens (primary N) is 1. The number of halogens is 1. The zero-order chi connectivity index (χ0) is 14.9. The molecule has 0 atom stereocenters. The van der Waals surface area contributed by atoms with Crippen molar-refractivity contribution >= 4 is 0 Å².